The average Bonchev–Trinajstić information content (AvgIpc) is 3.28. The Balaban J connectivity index is 1.31. The molecule has 41 heavy (non-hydrogen) atoms. The number of hydrogen-bond donors (Lipinski definition) is 2. The topological polar surface area (TPSA) is 63.5 Å². The van der Waals surface area contributed by atoms with Crippen LogP contribution in [0.4, 0.5) is 18.9 Å². The van der Waals surface area contributed by atoms with Crippen LogP contribution in [0.5, 0.6) is 0 Å². The van der Waals surface area contributed by atoms with Crippen LogP contribution < -0.4 is 10.7 Å². The third kappa shape index (κ3) is 6.27. The number of nitrogens with zero attached hydrogens (tertiary/aromatic N) is 3. The monoisotopic (exact) mass is 577 g/mol. The quantitative estimate of drug-likeness (QED) is 0.134. The Morgan fingerprint density at radius 3 is 2.51 bits per heavy atom. The van der Waals surface area contributed by atoms with Gasteiger partial charge in [-0.15, -0.1) is 13.2 Å². The molecule has 1 atom stereocenters. The maximum absolute atomic E-state index is 12.6. The number of benzene rings is 3. The lowest BCUT2D eigenvalue weighted by atomic mass is 9.93. The van der Waals surface area contributed by atoms with Crippen molar-refractivity contribution in [2.75, 3.05) is 5.32 Å². The summed E-state index contributed by atoms with van der Waals surface area (Å²) in [6.07, 6.45) is 3.76. The van der Waals surface area contributed by atoms with Gasteiger partial charge in [-0.25, -0.2) is 0 Å². The van der Waals surface area contributed by atoms with Crippen LogP contribution in [0, 0.1) is 0 Å². The molecule has 1 heterocycles. The van der Waals surface area contributed by atoms with Crippen molar-refractivity contribution < 1.29 is 17.9 Å². The molecular formula is C31H30F3N5OS. The standard InChI is InChI=1S/C31H30F3N5OS/c1-4-20-7-6-8-21(5-2)27(20)36-30(41)37-35-18-19-9-15-25-23(17-19)12-16-26-28(25)38-39(3)29(26)22-10-13-24(14-11-22)40-31(32,33)34/h6-10,12-18,22H,4-5,11H2,1-3H3,(H2,36,37,41)/b35-18+. The van der Waals surface area contributed by atoms with Gasteiger partial charge in [0.15, 0.2) is 5.11 Å². The predicted molar refractivity (Wildman–Crippen MR) is 162 cm³/mol. The summed E-state index contributed by atoms with van der Waals surface area (Å²) in [7, 11) is 1.85. The molecule has 10 heteroatoms. The number of hydrazone groups is 1. The first-order valence-electron chi connectivity index (χ1n) is 13.4. The van der Waals surface area contributed by atoms with E-state index in [1.54, 1.807) is 17.0 Å². The highest BCUT2D eigenvalue weighted by molar-refractivity contribution is 7.80. The molecule has 1 aromatic heterocycles. The highest BCUT2D eigenvalue weighted by Gasteiger charge is 2.32. The van der Waals surface area contributed by atoms with Crippen LogP contribution in [0.1, 0.15) is 48.6 Å². The zero-order valence-electron chi connectivity index (χ0n) is 22.9. The third-order valence-corrected chi connectivity index (χ3v) is 7.35. The number of aryl methyl sites for hydroxylation is 3. The Hall–Kier alpha value is -4.18. The Bertz CT molecular complexity index is 1680. The van der Waals surface area contributed by atoms with Gasteiger partial charge in [-0.3, -0.25) is 10.1 Å². The van der Waals surface area contributed by atoms with Gasteiger partial charge in [-0.2, -0.15) is 10.2 Å². The van der Waals surface area contributed by atoms with Crippen LogP contribution in [-0.4, -0.2) is 27.5 Å². The SMILES string of the molecule is CCc1cccc(CC)c1NC(=S)N/N=C/c1ccc2c(ccc3c(C4C=CC(OC(F)(F)F)=CC4)n(C)nc32)c1. The van der Waals surface area contributed by atoms with Crippen molar-refractivity contribution in [1.29, 1.82) is 0 Å². The van der Waals surface area contributed by atoms with Crippen molar-refractivity contribution in [3.05, 3.63) is 94.9 Å². The van der Waals surface area contributed by atoms with Gasteiger partial charge in [0.25, 0.3) is 0 Å². The summed E-state index contributed by atoms with van der Waals surface area (Å²) in [5, 5.41) is 15.7. The van der Waals surface area contributed by atoms with E-state index in [-0.39, 0.29) is 11.7 Å². The summed E-state index contributed by atoms with van der Waals surface area (Å²) in [6, 6.07) is 16.3. The Kier molecular flexibility index (Phi) is 8.12. The van der Waals surface area contributed by atoms with Crippen LogP contribution in [0.25, 0.3) is 21.7 Å². The number of alkyl halides is 3. The second-order valence-electron chi connectivity index (χ2n) is 9.79. The highest BCUT2D eigenvalue weighted by Crippen LogP contribution is 2.36. The fourth-order valence-corrected chi connectivity index (χ4v) is 5.42. The normalized spacial score (nSPS) is 15.5. The van der Waals surface area contributed by atoms with Gasteiger partial charge in [0, 0.05) is 29.4 Å². The number of fused-ring (bicyclic) bond motifs is 3. The minimum Gasteiger partial charge on any atom is -0.406 e. The van der Waals surface area contributed by atoms with Gasteiger partial charge in [-0.05, 0) is 71.8 Å². The molecule has 3 aromatic carbocycles. The van der Waals surface area contributed by atoms with E-state index in [0.717, 1.165) is 51.5 Å². The lowest BCUT2D eigenvalue weighted by Gasteiger charge is -2.18. The number of thiocarbonyl (C=S) groups is 1. The van der Waals surface area contributed by atoms with Crippen molar-refractivity contribution in [2.45, 2.75) is 45.4 Å². The lowest BCUT2D eigenvalue weighted by Crippen LogP contribution is -2.25. The van der Waals surface area contributed by atoms with E-state index in [4.69, 9.17) is 17.3 Å². The molecule has 6 nitrogen and oxygen atoms in total. The number of ether oxygens (including phenoxy) is 1. The summed E-state index contributed by atoms with van der Waals surface area (Å²) in [5.74, 6) is -0.307. The van der Waals surface area contributed by atoms with E-state index < -0.39 is 6.36 Å². The van der Waals surface area contributed by atoms with Crippen molar-refractivity contribution >= 4 is 50.9 Å². The number of anilines is 1. The Morgan fingerprint density at radius 1 is 1.12 bits per heavy atom. The van der Waals surface area contributed by atoms with Gasteiger partial charge < -0.3 is 10.1 Å². The Labute approximate surface area is 241 Å². The number of allylic oxidation sites excluding steroid dienone is 3. The van der Waals surface area contributed by atoms with E-state index in [2.05, 4.69) is 52.6 Å². The predicted octanol–water partition coefficient (Wildman–Crippen LogP) is 7.64. The number of para-hydroxylation sites is 1. The smallest absolute Gasteiger partial charge is 0.406 e. The third-order valence-electron chi connectivity index (χ3n) is 7.16. The molecule has 0 fully saturated rings. The van der Waals surface area contributed by atoms with E-state index in [1.165, 1.54) is 23.3 Å². The second-order valence-corrected chi connectivity index (χ2v) is 10.2. The summed E-state index contributed by atoms with van der Waals surface area (Å²) in [4.78, 5) is 0. The molecule has 0 aliphatic heterocycles. The highest BCUT2D eigenvalue weighted by atomic mass is 32.1. The van der Waals surface area contributed by atoms with Gasteiger partial charge in [-0.1, -0.05) is 62.4 Å². The Morgan fingerprint density at radius 2 is 1.85 bits per heavy atom. The van der Waals surface area contributed by atoms with Crippen molar-refractivity contribution in [3.8, 4) is 0 Å². The largest absolute Gasteiger partial charge is 0.573 e. The second kappa shape index (κ2) is 11.7. The zero-order chi connectivity index (χ0) is 29.1. The van der Waals surface area contributed by atoms with E-state index in [9.17, 15) is 13.2 Å². The summed E-state index contributed by atoms with van der Waals surface area (Å²) >= 11 is 5.48. The molecule has 0 spiro atoms. The molecule has 1 aliphatic carbocycles. The van der Waals surface area contributed by atoms with E-state index in [1.807, 2.05) is 37.4 Å². The fourth-order valence-electron chi connectivity index (χ4n) is 5.27. The first-order chi connectivity index (χ1) is 19.7. The minimum absolute atomic E-state index is 0.115. The molecule has 2 N–H and O–H groups in total. The van der Waals surface area contributed by atoms with Crippen molar-refractivity contribution in [3.63, 3.8) is 0 Å². The molecule has 4 aromatic rings. The molecule has 212 valence electrons. The number of halogens is 3. The molecule has 1 unspecified atom stereocenters. The number of nitrogens with one attached hydrogen (secondary N) is 2. The van der Waals surface area contributed by atoms with Crippen LogP contribution >= 0.6 is 12.2 Å². The van der Waals surface area contributed by atoms with Crippen LogP contribution in [0.2, 0.25) is 0 Å². The molecule has 0 amide bonds. The molecule has 0 saturated heterocycles. The minimum atomic E-state index is -4.71. The van der Waals surface area contributed by atoms with Gasteiger partial charge in [0.1, 0.15) is 11.3 Å². The number of hydrogen-bond acceptors (Lipinski definition) is 4. The molecule has 0 bridgehead atoms. The van der Waals surface area contributed by atoms with Gasteiger partial charge >= 0.3 is 6.36 Å². The first kappa shape index (κ1) is 28.4. The molecular weight excluding hydrogens is 547 g/mol. The number of rotatable bonds is 7. The number of aromatic nitrogens is 2. The lowest BCUT2D eigenvalue weighted by molar-refractivity contribution is -0.303. The van der Waals surface area contributed by atoms with Crippen LogP contribution in [-0.2, 0) is 24.6 Å². The van der Waals surface area contributed by atoms with E-state index in [0.29, 0.717) is 11.5 Å². The summed E-state index contributed by atoms with van der Waals surface area (Å²) in [5.41, 5.74) is 9.01. The molecule has 5 rings (SSSR count). The first-order valence-corrected chi connectivity index (χ1v) is 13.8. The van der Waals surface area contributed by atoms with Gasteiger partial charge in [0.2, 0.25) is 0 Å². The molecule has 0 radical (unpaired) electrons. The molecule has 1 aliphatic rings. The molecule has 0 saturated carbocycles. The van der Waals surface area contributed by atoms with Crippen molar-refractivity contribution in [1.82, 2.24) is 15.2 Å². The maximum atomic E-state index is 12.6. The summed E-state index contributed by atoms with van der Waals surface area (Å²) < 4.78 is 43.5. The van der Waals surface area contributed by atoms with Crippen LogP contribution in [0.15, 0.2) is 77.6 Å². The zero-order valence-corrected chi connectivity index (χ0v) is 23.7. The fraction of sp³-hybridized carbons (Fsp3) is 0.258. The average molecular weight is 578 g/mol. The maximum Gasteiger partial charge on any atom is 0.573 e. The van der Waals surface area contributed by atoms with Gasteiger partial charge in [0.05, 0.1) is 11.9 Å². The van der Waals surface area contributed by atoms with E-state index >= 15 is 0 Å². The van der Waals surface area contributed by atoms with Crippen molar-refractivity contribution in [2.24, 2.45) is 12.1 Å². The summed E-state index contributed by atoms with van der Waals surface area (Å²) in [6.45, 7) is 4.23. The van der Waals surface area contributed by atoms with Crippen LogP contribution in [0.3, 0.4) is 0 Å².